The third kappa shape index (κ3) is 2.85. The molecule has 0 amide bonds. The van der Waals surface area contributed by atoms with Crippen molar-refractivity contribution in [3.63, 3.8) is 0 Å². The summed E-state index contributed by atoms with van der Waals surface area (Å²) in [5.41, 5.74) is 4.18. The zero-order valence-corrected chi connectivity index (χ0v) is 14.0. The van der Waals surface area contributed by atoms with Gasteiger partial charge in [0.1, 0.15) is 5.75 Å². The minimum absolute atomic E-state index is 0.421. The van der Waals surface area contributed by atoms with Crippen molar-refractivity contribution < 1.29 is 4.74 Å². The third-order valence-electron chi connectivity index (χ3n) is 4.38. The van der Waals surface area contributed by atoms with Crippen LogP contribution in [0.4, 0.5) is 0 Å². The van der Waals surface area contributed by atoms with E-state index in [0.29, 0.717) is 12.0 Å². The van der Waals surface area contributed by atoms with Crippen molar-refractivity contribution in [2.45, 2.75) is 18.9 Å². The number of methoxy groups -OCH3 is 1. The minimum Gasteiger partial charge on any atom is -0.496 e. The van der Waals surface area contributed by atoms with Crippen LogP contribution in [0.15, 0.2) is 46.9 Å². The van der Waals surface area contributed by atoms with Gasteiger partial charge in [0.2, 0.25) is 0 Å². The summed E-state index contributed by atoms with van der Waals surface area (Å²) in [5, 5.41) is 3.49. The molecule has 1 N–H and O–H groups in total. The van der Waals surface area contributed by atoms with E-state index in [1.807, 2.05) is 12.1 Å². The van der Waals surface area contributed by atoms with Gasteiger partial charge in [0.15, 0.2) is 0 Å². The molecule has 0 aromatic heterocycles. The van der Waals surface area contributed by atoms with E-state index in [4.69, 9.17) is 4.74 Å². The van der Waals surface area contributed by atoms with Gasteiger partial charge in [-0.2, -0.15) is 0 Å². The fraction of sp³-hybridized carbons (Fsp3) is 0.333. The summed E-state index contributed by atoms with van der Waals surface area (Å²) in [5.74, 6) is 1.54. The van der Waals surface area contributed by atoms with Crippen LogP contribution in [0.3, 0.4) is 0 Å². The number of fused-ring (bicyclic) bond motifs is 1. The van der Waals surface area contributed by atoms with Crippen LogP contribution in [0.2, 0.25) is 0 Å². The summed E-state index contributed by atoms with van der Waals surface area (Å²) in [6.07, 6.45) is 2.14. The molecule has 2 aromatic rings. The monoisotopic (exact) mass is 345 g/mol. The molecule has 0 saturated heterocycles. The lowest BCUT2D eigenvalue weighted by atomic mass is 9.92. The fourth-order valence-electron chi connectivity index (χ4n) is 3.45. The number of nitrogens with one attached hydrogen (secondary N) is 1. The van der Waals surface area contributed by atoms with Gasteiger partial charge in [-0.05, 0) is 60.7 Å². The van der Waals surface area contributed by atoms with Crippen LogP contribution in [0.1, 0.15) is 22.7 Å². The van der Waals surface area contributed by atoms with Crippen molar-refractivity contribution >= 4 is 15.9 Å². The van der Waals surface area contributed by atoms with Gasteiger partial charge in [-0.15, -0.1) is 0 Å². The maximum atomic E-state index is 5.52. The number of rotatable bonds is 4. The van der Waals surface area contributed by atoms with Crippen molar-refractivity contribution in [3.05, 3.63) is 63.6 Å². The van der Waals surface area contributed by atoms with E-state index >= 15 is 0 Å². The number of ether oxygens (including phenoxy) is 1. The number of benzene rings is 2. The Morgan fingerprint density at radius 3 is 2.81 bits per heavy atom. The summed E-state index contributed by atoms with van der Waals surface area (Å²) in [4.78, 5) is 0. The first-order valence-corrected chi connectivity index (χ1v) is 8.09. The van der Waals surface area contributed by atoms with Crippen LogP contribution in [-0.2, 0) is 12.8 Å². The van der Waals surface area contributed by atoms with E-state index in [1.54, 1.807) is 7.11 Å². The fourth-order valence-corrected chi connectivity index (χ4v) is 3.86. The van der Waals surface area contributed by atoms with Gasteiger partial charge in [0, 0.05) is 10.5 Å². The molecule has 0 saturated carbocycles. The van der Waals surface area contributed by atoms with E-state index < -0.39 is 0 Å². The maximum Gasteiger partial charge on any atom is 0.122 e. The SMILES string of the molecule is CNC1c2ccccc2CC1Cc1cc(Br)ccc1OC. The second kappa shape index (κ2) is 6.20. The van der Waals surface area contributed by atoms with Gasteiger partial charge in [0.25, 0.3) is 0 Å². The molecule has 2 atom stereocenters. The highest BCUT2D eigenvalue weighted by Gasteiger charge is 2.31. The zero-order valence-electron chi connectivity index (χ0n) is 12.4. The second-order valence-corrected chi connectivity index (χ2v) is 6.51. The molecule has 3 rings (SSSR count). The van der Waals surface area contributed by atoms with Crippen LogP contribution < -0.4 is 10.1 Å². The molecule has 0 aliphatic heterocycles. The molecule has 2 aromatic carbocycles. The zero-order chi connectivity index (χ0) is 14.8. The predicted octanol–water partition coefficient (Wildman–Crippen LogP) is 4.13. The second-order valence-electron chi connectivity index (χ2n) is 5.59. The molecule has 0 radical (unpaired) electrons. The topological polar surface area (TPSA) is 21.3 Å². The Morgan fingerprint density at radius 2 is 2.05 bits per heavy atom. The number of hydrogen-bond acceptors (Lipinski definition) is 2. The molecule has 0 bridgehead atoms. The van der Waals surface area contributed by atoms with Crippen LogP contribution in [0.25, 0.3) is 0 Å². The molecule has 110 valence electrons. The van der Waals surface area contributed by atoms with Crippen molar-refractivity contribution in [1.29, 1.82) is 0 Å². The van der Waals surface area contributed by atoms with E-state index in [9.17, 15) is 0 Å². The van der Waals surface area contributed by atoms with Crippen molar-refractivity contribution in [1.82, 2.24) is 5.32 Å². The first-order valence-electron chi connectivity index (χ1n) is 7.30. The van der Waals surface area contributed by atoms with Crippen LogP contribution in [-0.4, -0.2) is 14.2 Å². The Balaban J connectivity index is 1.88. The lowest BCUT2D eigenvalue weighted by Crippen LogP contribution is -2.23. The molecular weight excluding hydrogens is 326 g/mol. The highest BCUT2D eigenvalue weighted by molar-refractivity contribution is 9.10. The highest BCUT2D eigenvalue weighted by atomic mass is 79.9. The van der Waals surface area contributed by atoms with Gasteiger partial charge < -0.3 is 10.1 Å². The van der Waals surface area contributed by atoms with Crippen molar-refractivity contribution in [2.75, 3.05) is 14.2 Å². The van der Waals surface area contributed by atoms with Gasteiger partial charge in [-0.1, -0.05) is 40.2 Å². The van der Waals surface area contributed by atoms with Crippen molar-refractivity contribution in [3.8, 4) is 5.75 Å². The summed E-state index contributed by atoms with van der Waals surface area (Å²) in [6.45, 7) is 0. The molecule has 3 heteroatoms. The highest BCUT2D eigenvalue weighted by Crippen LogP contribution is 2.39. The molecule has 0 heterocycles. The molecule has 0 spiro atoms. The molecule has 1 aliphatic rings. The van der Waals surface area contributed by atoms with Gasteiger partial charge >= 0.3 is 0 Å². The smallest absolute Gasteiger partial charge is 0.122 e. The Bertz CT molecular complexity index is 641. The van der Waals surface area contributed by atoms with Crippen molar-refractivity contribution in [2.24, 2.45) is 5.92 Å². The molecular formula is C18H20BrNO. The van der Waals surface area contributed by atoms with Crippen LogP contribution in [0.5, 0.6) is 5.75 Å². The van der Waals surface area contributed by atoms with E-state index in [2.05, 4.69) is 58.6 Å². The lowest BCUT2D eigenvalue weighted by molar-refractivity contribution is 0.384. The van der Waals surface area contributed by atoms with E-state index in [-0.39, 0.29) is 0 Å². The molecule has 2 unspecified atom stereocenters. The third-order valence-corrected chi connectivity index (χ3v) is 4.87. The predicted molar refractivity (Wildman–Crippen MR) is 89.8 cm³/mol. The Morgan fingerprint density at radius 1 is 1.24 bits per heavy atom. The van der Waals surface area contributed by atoms with E-state index in [1.165, 1.54) is 16.7 Å². The minimum atomic E-state index is 0.421. The van der Waals surface area contributed by atoms with Crippen LogP contribution in [0, 0.1) is 5.92 Å². The average molecular weight is 346 g/mol. The number of halogens is 1. The summed E-state index contributed by atoms with van der Waals surface area (Å²) >= 11 is 3.56. The largest absolute Gasteiger partial charge is 0.496 e. The molecule has 1 aliphatic carbocycles. The van der Waals surface area contributed by atoms with Gasteiger partial charge in [-0.25, -0.2) is 0 Å². The molecule has 0 fully saturated rings. The van der Waals surface area contributed by atoms with E-state index in [0.717, 1.165) is 23.1 Å². The lowest BCUT2D eigenvalue weighted by Gasteiger charge is -2.21. The van der Waals surface area contributed by atoms with Gasteiger partial charge in [0.05, 0.1) is 7.11 Å². The first kappa shape index (κ1) is 14.6. The number of hydrogen-bond donors (Lipinski definition) is 1. The molecule has 2 nitrogen and oxygen atoms in total. The Labute approximate surface area is 134 Å². The normalized spacial score (nSPS) is 20.3. The standard InChI is InChI=1S/C18H20BrNO/c1-20-18-14(9-12-5-3-4-6-16(12)18)10-13-11-15(19)7-8-17(13)21-2/h3-8,11,14,18,20H,9-10H2,1-2H3. The first-order chi connectivity index (χ1) is 10.2. The summed E-state index contributed by atoms with van der Waals surface area (Å²) in [6, 6.07) is 15.4. The average Bonchev–Trinajstić information content (AvgIpc) is 2.84. The Hall–Kier alpha value is -1.32. The maximum absolute atomic E-state index is 5.52. The summed E-state index contributed by atoms with van der Waals surface area (Å²) < 4.78 is 6.62. The quantitative estimate of drug-likeness (QED) is 0.899. The van der Waals surface area contributed by atoms with Crippen LogP contribution >= 0.6 is 15.9 Å². The Kier molecular flexibility index (Phi) is 4.32. The summed E-state index contributed by atoms with van der Waals surface area (Å²) in [7, 11) is 3.80. The van der Waals surface area contributed by atoms with Gasteiger partial charge in [-0.3, -0.25) is 0 Å². The molecule has 21 heavy (non-hydrogen) atoms.